The molecule has 52 valence electrons. The highest BCUT2D eigenvalue weighted by Gasteiger charge is 1.85. The van der Waals surface area contributed by atoms with Crippen LogP contribution in [0, 0.1) is 0 Å². The molecule has 5 heteroatoms. The zero-order chi connectivity index (χ0) is 7.40. The predicted molar refractivity (Wildman–Crippen MR) is 34.1 cm³/mol. The van der Waals surface area contributed by atoms with Crippen LogP contribution in [0.1, 0.15) is 0 Å². The van der Waals surface area contributed by atoms with Crippen LogP contribution in [0.3, 0.4) is 0 Å². The molecule has 1 aromatic rings. The van der Waals surface area contributed by atoms with E-state index in [1.54, 1.807) is 6.20 Å². The van der Waals surface area contributed by atoms with E-state index in [-0.39, 0.29) is 0 Å². The number of hydrogen-bond donors (Lipinski definition) is 1. The summed E-state index contributed by atoms with van der Waals surface area (Å²) < 4.78 is 1.44. The maximum Gasteiger partial charge on any atom is 0.432 e. The fourth-order valence-corrected chi connectivity index (χ4v) is 0.454. The van der Waals surface area contributed by atoms with Crippen LogP contribution < -0.4 is 0 Å². The first-order valence-corrected chi connectivity index (χ1v) is 2.53. The third-order valence-corrected chi connectivity index (χ3v) is 0.826. The molecule has 0 aliphatic rings. The van der Waals surface area contributed by atoms with E-state index in [2.05, 4.69) is 9.98 Å². The van der Waals surface area contributed by atoms with E-state index in [1.165, 1.54) is 17.1 Å². The van der Waals surface area contributed by atoms with Gasteiger partial charge in [-0.1, -0.05) is 0 Å². The molecule has 1 rings (SSSR count). The average Bonchev–Trinajstić information content (AvgIpc) is 2.34. The lowest BCUT2D eigenvalue weighted by atomic mass is 10.9. The number of carbonyl (C=O) groups is 1. The van der Waals surface area contributed by atoms with Crippen molar-refractivity contribution >= 4 is 12.4 Å². The van der Waals surface area contributed by atoms with Crippen molar-refractivity contribution in [3.63, 3.8) is 0 Å². The molecular weight excluding hydrogens is 134 g/mol. The molecule has 0 saturated heterocycles. The van der Waals surface area contributed by atoms with E-state index in [9.17, 15) is 4.79 Å². The van der Waals surface area contributed by atoms with Crippen molar-refractivity contribution < 1.29 is 9.90 Å². The molecule has 0 unspecified atom stereocenters. The Balaban J connectivity index is 2.64. The van der Waals surface area contributed by atoms with Crippen LogP contribution in [0.2, 0.25) is 0 Å². The largest absolute Gasteiger partial charge is 0.463 e. The van der Waals surface area contributed by atoms with Gasteiger partial charge in [0.2, 0.25) is 0 Å². The fraction of sp³-hybridized carbons (Fsp3) is 0. The van der Waals surface area contributed by atoms with E-state index in [4.69, 9.17) is 5.11 Å². The third kappa shape index (κ3) is 1.70. The van der Waals surface area contributed by atoms with Crippen molar-refractivity contribution in [3.05, 3.63) is 18.7 Å². The quantitative estimate of drug-likeness (QED) is 0.453. The molecule has 0 radical (unpaired) electrons. The average molecular weight is 139 g/mol. The van der Waals surface area contributed by atoms with Gasteiger partial charge < -0.3 is 5.11 Å². The molecule has 0 saturated carbocycles. The summed E-state index contributed by atoms with van der Waals surface area (Å²) in [6.45, 7) is 0. The molecule has 1 heterocycles. The molecule has 0 fully saturated rings. The molecule has 1 aromatic heterocycles. The lowest BCUT2D eigenvalue weighted by Crippen LogP contribution is -1.94. The Morgan fingerprint density at radius 3 is 3.10 bits per heavy atom. The molecule has 1 N–H and O–H groups in total. The van der Waals surface area contributed by atoms with Crippen LogP contribution in [-0.2, 0) is 0 Å². The molecule has 0 bridgehead atoms. The highest BCUT2D eigenvalue weighted by atomic mass is 16.4. The minimum atomic E-state index is -1.21. The summed E-state index contributed by atoms with van der Waals surface area (Å²) in [5, 5.41) is 8.08. The first-order chi connectivity index (χ1) is 4.79. The number of carboxylic acid groups (broad SMARTS) is 1. The maximum atomic E-state index is 9.86. The van der Waals surface area contributed by atoms with E-state index in [1.807, 2.05) is 0 Å². The first-order valence-electron chi connectivity index (χ1n) is 2.53. The van der Waals surface area contributed by atoms with Crippen LogP contribution in [0.15, 0.2) is 23.7 Å². The van der Waals surface area contributed by atoms with Crippen LogP contribution in [-0.4, -0.2) is 27.1 Å². The fourth-order valence-electron chi connectivity index (χ4n) is 0.454. The van der Waals surface area contributed by atoms with Gasteiger partial charge in [0.05, 0.1) is 6.33 Å². The van der Waals surface area contributed by atoms with Crippen LogP contribution in [0.5, 0.6) is 0 Å². The third-order valence-electron chi connectivity index (χ3n) is 0.826. The van der Waals surface area contributed by atoms with Gasteiger partial charge in [-0.2, -0.15) is 4.99 Å². The minimum Gasteiger partial charge on any atom is -0.463 e. The summed E-state index contributed by atoms with van der Waals surface area (Å²) in [5.74, 6) is 0. The summed E-state index contributed by atoms with van der Waals surface area (Å²) in [4.78, 5) is 16.6. The Morgan fingerprint density at radius 2 is 2.60 bits per heavy atom. The monoisotopic (exact) mass is 139 g/mol. The number of nitrogens with zero attached hydrogens (tertiary/aromatic N) is 3. The summed E-state index contributed by atoms with van der Waals surface area (Å²) in [6, 6.07) is 0. The molecule has 5 nitrogen and oxygen atoms in total. The highest BCUT2D eigenvalue weighted by molar-refractivity contribution is 5.77. The zero-order valence-electron chi connectivity index (χ0n) is 5.01. The van der Waals surface area contributed by atoms with E-state index >= 15 is 0 Å². The lowest BCUT2D eigenvalue weighted by molar-refractivity contribution is 0.206. The van der Waals surface area contributed by atoms with E-state index in [0.717, 1.165) is 6.34 Å². The van der Waals surface area contributed by atoms with Crippen molar-refractivity contribution in [2.24, 2.45) is 4.99 Å². The molecule has 0 atom stereocenters. The van der Waals surface area contributed by atoms with Gasteiger partial charge in [-0.3, -0.25) is 4.57 Å². The van der Waals surface area contributed by atoms with Crippen LogP contribution in [0.4, 0.5) is 4.79 Å². The summed E-state index contributed by atoms with van der Waals surface area (Å²) >= 11 is 0. The van der Waals surface area contributed by atoms with Crippen LogP contribution in [0.25, 0.3) is 0 Å². The van der Waals surface area contributed by atoms with Gasteiger partial charge in [0.1, 0.15) is 6.34 Å². The number of rotatable bonds is 1. The van der Waals surface area contributed by atoms with Gasteiger partial charge in [0.15, 0.2) is 0 Å². The second-order valence-electron chi connectivity index (χ2n) is 1.54. The standard InChI is InChI=1S/C5H5N3O2/c9-5(10)7-4-8-2-1-6-3-8/h1-4H,(H,9,10). The molecule has 10 heavy (non-hydrogen) atoms. The van der Waals surface area contributed by atoms with E-state index < -0.39 is 6.09 Å². The summed E-state index contributed by atoms with van der Waals surface area (Å²) in [7, 11) is 0. The maximum absolute atomic E-state index is 9.86. The number of imidazole rings is 1. The number of aliphatic imine (C=N–C) groups is 1. The summed E-state index contributed by atoms with van der Waals surface area (Å²) in [5.41, 5.74) is 0. The molecular formula is C5H5N3O2. The van der Waals surface area contributed by atoms with Gasteiger partial charge >= 0.3 is 6.09 Å². The van der Waals surface area contributed by atoms with Gasteiger partial charge in [0.25, 0.3) is 0 Å². The molecule has 0 aliphatic carbocycles. The Labute approximate surface area is 56.7 Å². The van der Waals surface area contributed by atoms with Crippen molar-refractivity contribution in [1.29, 1.82) is 0 Å². The smallest absolute Gasteiger partial charge is 0.432 e. The van der Waals surface area contributed by atoms with Crippen molar-refractivity contribution in [2.45, 2.75) is 0 Å². The first kappa shape index (κ1) is 6.47. The Morgan fingerprint density at radius 1 is 1.80 bits per heavy atom. The molecule has 0 aliphatic heterocycles. The number of amides is 1. The molecule has 1 amide bonds. The van der Waals surface area contributed by atoms with Gasteiger partial charge in [-0.15, -0.1) is 0 Å². The lowest BCUT2D eigenvalue weighted by Gasteiger charge is -1.84. The van der Waals surface area contributed by atoms with Crippen molar-refractivity contribution in [1.82, 2.24) is 9.55 Å². The Hall–Kier alpha value is -1.65. The molecule has 0 aromatic carbocycles. The number of hydrogen-bond acceptors (Lipinski definition) is 2. The second-order valence-corrected chi connectivity index (χ2v) is 1.54. The minimum absolute atomic E-state index is 1.16. The Bertz CT molecular complexity index is 239. The topological polar surface area (TPSA) is 67.5 Å². The summed E-state index contributed by atoms with van der Waals surface area (Å²) in [6.07, 6.45) is 4.52. The van der Waals surface area contributed by atoms with Gasteiger partial charge in [-0.25, -0.2) is 9.78 Å². The number of aromatic nitrogens is 2. The normalized spacial score (nSPS) is 10.4. The SMILES string of the molecule is O=C(O)N=Cn1ccnc1. The van der Waals surface area contributed by atoms with Crippen LogP contribution >= 0.6 is 0 Å². The van der Waals surface area contributed by atoms with Gasteiger partial charge in [-0.05, 0) is 0 Å². The van der Waals surface area contributed by atoms with Crippen molar-refractivity contribution in [2.75, 3.05) is 0 Å². The zero-order valence-corrected chi connectivity index (χ0v) is 5.01. The van der Waals surface area contributed by atoms with E-state index in [0.29, 0.717) is 0 Å². The van der Waals surface area contributed by atoms with Crippen molar-refractivity contribution in [3.8, 4) is 0 Å². The predicted octanol–water partition coefficient (Wildman–Crippen LogP) is 0.437. The Kier molecular flexibility index (Phi) is 1.79. The second kappa shape index (κ2) is 2.77. The van der Waals surface area contributed by atoms with Gasteiger partial charge in [0, 0.05) is 12.4 Å². The molecule has 0 spiro atoms. The highest BCUT2D eigenvalue weighted by Crippen LogP contribution is 1.78.